The molecule has 2 rings (SSSR count). The summed E-state index contributed by atoms with van der Waals surface area (Å²) in [6, 6.07) is 6.61. The van der Waals surface area contributed by atoms with Crippen LogP contribution < -0.4 is 0 Å². The quantitative estimate of drug-likeness (QED) is 0.558. The lowest BCUT2D eigenvalue weighted by Crippen LogP contribution is -1.84. The summed E-state index contributed by atoms with van der Waals surface area (Å²) in [4.78, 5) is 0. The standard InChI is InChI=1S/C8H7NO2/c10-7-2-1-6-3-4-9(11)8(6)5-7/h1-5,10-11H. The van der Waals surface area contributed by atoms with Crippen LogP contribution in [0.5, 0.6) is 5.75 Å². The van der Waals surface area contributed by atoms with E-state index in [4.69, 9.17) is 10.3 Å². The normalized spacial score (nSPS) is 10.5. The van der Waals surface area contributed by atoms with Gasteiger partial charge < -0.3 is 10.3 Å². The minimum Gasteiger partial charge on any atom is -0.508 e. The third kappa shape index (κ3) is 0.816. The summed E-state index contributed by atoms with van der Waals surface area (Å²) in [5.41, 5.74) is 0.616. The zero-order valence-corrected chi connectivity index (χ0v) is 5.73. The van der Waals surface area contributed by atoms with E-state index in [1.807, 2.05) is 0 Å². The number of rotatable bonds is 0. The highest BCUT2D eigenvalue weighted by Gasteiger charge is 1.98. The summed E-state index contributed by atoms with van der Waals surface area (Å²) in [6.07, 6.45) is 1.53. The van der Waals surface area contributed by atoms with Gasteiger partial charge in [0.15, 0.2) is 0 Å². The highest BCUT2D eigenvalue weighted by Crippen LogP contribution is 2.19. The maximum absolute atomic E-state index is 9.14. The van der Waals surface area contributed by atoms with Gasteiger partial charge in [-0.25, -0.2) is 0 Å². The predicted molar refractivity (Wildman–Crippen MR) is 40.8 cm³/mol. The molecular weight excluding hydrogens is 142 g/mol. The maximum atomic E-state index is 9.14. The SMILES string of the molecule is Oc1ccc2ccn(O)c2c1. The monoisotopic (exact) mass is 149 g/mol. The topological polar surface area (TPSA) is 45.4 Å². The van der Waals surface area contributed by atoms with Crippen molar-refractivity contribution in [3.8, 4) is 5.75 Å². The van der Waals surface area contributed by atoms with Gasteiger partial charge in [0.25, 0.3) is 0 Å². The second-order valence-corrected chi connectivity index (χ2v) is 2.40. The molecule has 0 bridgehead atoms. The Hall–Kier alpha value is -1.64. The van der Waals surface area contributed by atoms with Gasteiger partial charge in [-0.2, -0.15) is 4.73 Å². The van der Waals surface area contributed by atoms with Crippen molar-refractivity contribution >= 4 is 10.9 Å². The fourth-order valence-electron chi connectivity index (χ4n) is 1.10. The van der Waals surface area contributed by atoms with Crippen molar-refractivity contribution in [1.29, 1.82) is 0 Å². The van der Waals surface area contributed by atoms with Crippen LogP contribution in [0, 0.1) is 0 Å². The number of hydrogen-bond donors (Lipinski definition) is 2. The van der Waals surface area contributed by atoms with Gasteiger partial charge in [-0.3, -0.25) is 0 Å². The van der Waals surface area contributed by atoms with Crippen molar-refractivity contribution in [2.24, 2.45) is 0 Å². The van der Waals surface area contributed by atoms with E-state index < -0.39 is 0 Å². The molecule has 0 saturated carbocycles. The number of aromatic nitrogens is 1. The summed E-state index contributed by atoms with van der Waals surface area (Å²) in [6.45, 7) is 0. The maximum Gasteiger partial charge on any atom is 0.117 e. The number of hydrogen-bond acceptors (Lipinski definition) is 2. The van der Waals surface area contributed by atoms with Crippen molar-refractivity contribution in [3.05, 3.63) is 30.5 Å². The van der Waals surface area contributed by atoms with E-state index in [0.29, 0.717) is 5.52 Å². The Morgan fingerprint density at radius 1 is 1.18 bits per heavy atom. The number of benzene rings is 1. The molecule has 1 heterocycles. The Balaban J connectivity index is 2.87. The zero-order chi connectivity index (χ0) is 7.84. The zero-order valence-electron chi connectivity index (χ0n) is 5.73. The lowest BCUT2D eigenvalue weighted by atomic mass is 10.2. The van der Waals surface area contributed by atoms with Gasteiger partial charge in [0.05, 0.1) is 5.52 Å². The molecule has 0 atom stereocenters. The molecule has 3 nitrogen and oxygen atoms in total. The van der Waals surface area contributed by atoms with Crippen molar-refractivity contribution in [2.45, 2.75) is 0 Å². The summed E-state index contributed by atoms with van der Waals surface area (Å²) in [5.74, 6) is 0.159. The van der Waals surface area contributed by atoms with Crippen LogP contribution in [-0.4, -0.2) is 15.0 Å². The largest absolute Gasteiger partial charge is 0.508 e. The molecule has 1 aromatic carbocycles. The van der Waals surface area contributed by atoms with Gasteiger partial charge in [0, 0.05) is 17.6 Å². The first-order valence-electron chi connectivity index (χ1n) is 3.27. The van der Waals surface area contributed by atoms with Crippen molar-refractivity contribution in [1.82, 2.24) is 4.73 Å². The average Bonchev–Trinajstić information content (AvgIpc) is 2.33. The Morgan fingerprint density at radius 2 is 2.00 bits per heavy atom. The molecule has 2 aromatic rings. The number of phenolic OH excluding ortho intramolecular Hbond substituents is 1. The van der Waals surface area contributed by atoms with E-state index in [1.54, 1.807) is 18.2 Å². The molecule has 0 radical (unpaired) electrons. The average molecular weight is 149 g/mol. The molecule has 2 N–H and O–H groups in total. The minimum absolute atomic E-state index is 0.159. The van der Waals surface area contributed by atoms with E-state index in [9.17, 15) is 0 Å². The van der Waals surface area contributed by atoms with Gasteiger partial charge in [-0.1, -0.05) is 0 Å². The molecule has 56 valence electrons. The summed E-state index contributed by atoms with van der Waals surface area (Å²) in [5, 5.41) is 19.1. The van der Waals surface area contributed by atoms with Crippen LogP contribution in [0.3, 0.4) is 0 Å². The number of aromatic hydroxyl groups is 1. The lowest BCUT2D eigenvalue weighted by molar-refractivity contribution is 0.200. The molecule has 1 aromatic heterocycles. The van der Waals surface area contributed by atoms with E-state index in [1.165, 1.54) is 12.3 Å². The van der Waals surface area contributed by atoms with Crippen LogP contribution in [0.4, 0.5) is 0 Å². The molecular formula is C8H7NO2. The molecule has 0 aliphatic heterocycles. The Bertz CT molecular complexity index is 392. The van der Waals surface area contributed by atoms with Crippen molar-refractivity contribution in [3.63, 3.8) is 0 Å². The van der Waals surface area contributed by atoms with Gasteiger partial charge in [-0.05, 0) is 18.2 Å². The number of phenols is 1. The Kier molecular flexibility index (Phi) is 1.06. The number of nitrogens with zero attached hydrogens (tertiary/aromatic N) is 1. The van der Waals surface area contributed by atoms with Gasteiger partial charge in [-0.15, -0.1) is 0 Å². The van der Waals surface area contributed by atoms with E-state index >= 15 is 0 Å². The van der Waals surface area contributed by atoms with Crippen molar-refractivity contribution in [2.75, 3.05) is 0 Å². The smallest absolute Gasteiger partial charge is 0.117 e. The highest BCUT2D eigenvalue weighted by molar-refractivity contribution is 5.81. The van der Waals surface area contributed by atoms with Crippen molar-refractivity contribution < 1.29 is 10.3 Å². The first kappa shape index (κ1) is 6.09. The van der Waals surface area contributed by atoms with Crippen LogP contribution in [0.15, 0.2) is 30.5 Å². The second-order valence-electron chi connectivity index (χ2n) is 2.40. The summed E-state index contributed by atoms with van der Waals surface area (Å²) in [7, 11) is 0. The molecule has 0 unspecified atom stereocenters. The molecule has 11 heavy (non-hydrogen) atoms. The first-order valence-corrected chi connectivity index (χ1v) is 3.27. The highest BCUT2D eigenvalue weighted by atomic mass is 16.5. The second kappa shape index (κ2) is 1.92. The Morgan fingerprint density at radius 3 is 2.82 bits per heavy atom. The van der Waals surface area contributed by atoms with E-state index in [0.717, 1.165) is 10.1 Å². The van der Waals surface area contributed by atoms with Crippen LogP contribution in [0.25, 0.3) is 10.9 Å². The molecule has 0 aliphatic carbocycles. The van der Waals surface area contributed by atoms with Gasteiger partial charge in [0.2, 0.25) is 0 Å². The minimum atomic E-state index is 0.159. The van der Waals surface area contributed by atoms with Crippen LogP contribution in [0.1, 0.15) is 0 Å². The molecule has 0 aliphatic rings. The summed E-state index contributed by atoms with van der Waals surface area (Å²) >= 11 is 0. The van der Waals surface area contributed by atoms with Crippen LogP contribution in [-0.2, 0) is 0 Å². The molecule has 3 heteroatoms. The van der Waals surface area contributed by atoms with Gasteiger partial charge in [0.1, 0.15) is 5.75 Å². The fourth-order valence-corrected chi connectivity index (χ4v) is 1.10. The van der Waals surface area contributed by atoms with Gasteiger partial charge >= 0.3 is 0 Å². The molecule has 0 spiro atoms. The van der Waals surface area contributed by atoms with E-state index in [2.05, 4.69) is 0 Å². The summed E-state index contributed by atoms with van der Waals surface area (Å²) < 4.78 is 0.981. The molecule has 0 saturated heterocycles. The molecule has 0 amide bonds. The fraction of sp³-hybridized carbons (Fsp3) is 0. The Labute approximate surface area is 63.1 Å². The predicted octanol–water partition coefficient (Wildman–Crippen LogP) is 1.58. The third-order valence-electron chi connectivity index (χ3n) is 1.66. The number of fused-ring (bicyclic) bond motifs is 1. The van der Waals surface area contributed by atoms with Crippen LogP contribution >= 0.6 is 0 Å². The lowest BCUT2D eigenvalue weighted by Gasteiger charge is -1.94. The van der Waals surface area contributed by atoms with E-state index in [-0.39, 0.29) is 5.75 Å². The third-order valence-corrected chi connectivity index (χ3v) is 1.66. The van der Waals surface area contributed by atoms with Crippen LogP contribution in [0.2, 0.25) is 0 Å². The first-order chi connectivity index (χ1) is 5.27. The molecule has 0 fully saturated rings.